The highest BCUT2D eigenvalue weighted by atomic mass is 16.5. The first-order valence-corrected chi connectivity index (χ1v) is 10.2. The molecule has 158 valence electrons. The summed E-state index contributed by atoms with van der Waals surface area (Å²) < 4.78 is 6.85. The number of hydrogen-bond acceptors (Lipinski definition) is 7. The minimum absolute atomic E-state index is 0.0732. The highest BCUT2D eigenvalue weighted by molar-refractivity contribution is 5.82. The van der Waals surface area contributed by atoms with Gasteiger partial charge in [0.2, 0.25) is 5.95 Å². The Balaban J connectivity index is 1.52. The molecule has 8 heteroatoms. The first-order valence-electron chi connectivity index (χ1n) is 10.2. The zero-order valence-electron chi connectivity index (χ0n) is 17.4. The number of imidazole rings is 1. The van der Waals surface area contributed by atoms with Gasteiger partial charge in [-0.05, 0) is 43.7 Å². The number of nitrogens with zero attached hydrogens (tertiary/aromatic N) is 4. The van der Waals surface area contributed by atoms with Gasteiger partial charge in [-0.25, -0.2) is 9.97 Å². The van der Waals surface area contributed by atoms with Gasteiger partial charge in [0.15, 0.2) is 0 Å². The maximum atomic E-state index is 11.5. The molecule has 0 aliphatic heterocycles. The van der Waals surface area contributed by atoms with Crippen LogP contribution in [0, 0.1) is 0 Å². The molecule has 0 radical (unpaired) electrons. The van der Waals surface area contributed by atoms with Crippen molar-refractivity contribution in [2.75, 3.05) is 23.8 Å². The molecule has 4 rings (SSSR count). The van der Waals surface area contributed by atoms with Gasteiger partial charge in [-0.3, -0.25) is 9.36 Å². The van der Waals surface area contributed by atoms with Crippen LogP contribution in [-0.4, -0.2) is 38.6 Å². The molecule has 0 aliphatic carbocycles. The number of benzene rings is 2. The molecular weight excluding hydrogens is 392 g/mol. The number of hydrogen-bond donors (Lipinski definition) is 2. The van der Waals surface area contributed by atoms with Crippen molar-refractivity contribution in [3.8, 4) is 5.82 Å². The summed E-state index contributed by atoms with van der Waals surface area (Å²) in [7, 11) is 0. The average Bonchev–Trinajstić information content (AvgIpc) is 3.22. The quantitative estimate of drug-likeness (QED) is 0.420. The number of fused-ring (bicyclic) bond motifs is 1. The second-order valence-corrected chi connectivity index (χ2v) is 6.99. The van der Waals surface area contributed by atoms with Crippen molar-refractivity contribution in [2.45, 2.75) is 19.9 Å². The van der Waals surface area contributed by atoms with Crippen LogP contribution in [0.3, 0.4) is 0 Å². The molecule has 2 heterocycles. The van der Waals surface area contributed by atoms with E-state index in [1.165, 1.54) is 0 Å². The van der Waals surface area contributed by atoms with E-state index in [2.05, 4.69) is 44.6 Å². The van der Waals surface area contributed by atoms with Gasteiger partial charge < -0.3 is 15.4 Å². The number of rotatable bonds is 8. The summed E-state index contributed by atoms with van der Waals surface area (Å²) in [6.07, 6.45) is 3.45. The number of carbonyl (C=O) groups is 1. The van der Waals surface area contributed by atoms with Crippen LogP contribution in [0.1, 0.15) is 25.5 Å². The van der Waals surface area contributed by atoms with Crippen molar-refractivity contribution in [1.82, 2.24) is 19.5 Å². The number of carbonyl (C=O) groups excluding carboxylic acids is 1. The molecule has 0 bridgehead atoms. The summed E-state index contributed by atoms with van der Waals surface area (Å²) in [5.74, 6) is 0.967. The van der Waals surface area contributed by atoms with Crippen LogP contribution in [0.15, 0.2) is 67.1 Å². The van der Waals surface area contributed by atoms with E-state index in [-0.39, 0.29) is 18.6 Å². The molecule has 0 unspecified atom stereocenters. The molecule has 1 atom stereocenters. The van der Waals surface area contributed by atoms with E-state index in [1.54, 1.807) is 19.4 Å². The Hall–Kier alpha value is -3.94. The smallest absolute Gasteiger partial charge is 0.325 e. The van der Waals surface area contributed by atoms with Gasteiger partial charge in [-0.2, -0.15) is 4.98 Å². The number of nitrogens with one attached hydrogen (secondary N) is 2. The highest BCUT2D eigenvalue weighted by Crippen LogP contribution is 2.22. The molecule has 31 heavy (non-hydrogen) atoms. The third-order valence-corrected chi connectivity index (χ3v) is 4.82. The summed E-state index contributed by atoms with van der Waals surface area (Å²) in [6, 6.07) is 17.8. The van der Waals surface area contributed by atoms with Crippen molar-refractivity contribution in [3.05, 3.63) is 72.7 Å². The molecule has 0 aliphatic rings. The molecule has 0 amide bonds. The van der Waals surface area contributed by atoms with E-state index in [0.29, 0.717) is 18.4 Å². The summed E-state index contributed by atoms with van der Waals surface area (Å²) in [5.41, 5.74) is 3.65. The topological polar surface area (TPSA) is 94.0 Å². The Bertz CT molecular complexity index is 1180. The maximum absolute atomic E-state index is 11.5. The van der Waals surface area contributed by atoms with Crippen molar-refractivity contribution >= 4 is 28.6 Å². The summed E-state index contributed by atoms with van der Waals surface area (Å²) in [5, 5.41) is 6.40. The third kappa shape index (κ3) is 4.80. The van der Waals surface area contributed by atoms with Gasteiger partial charge in [0.05, 0.1) is 23.7 Å². The van der Waals surface area contributed by atoms with E-state index in [0.717, 1.165) is 22.3 Å². The molecule has 2 N–H and O–H groups in total. The second kappa shape index (κ2) is 9.25. The summed E-state index contributed by atoms with van der Waals surface area (Å²) >= 11 is 0. The Morgan fingerprint density at radius 2 is 1.97 bits per heavy atom. The molecule has 4 aromatic rings. The van der Waals surface area contributed by atoms with E-state index in [9.17, 15) is 4.79 Å². The van der Waals surface area contributed by atoms with Crippen LogP contribution in [0.2, 0.25) is 0 Å². The van der Waals surface area contributed by atoms with Gasteiger partial charge in [-0.1, -0.05) is 30.3 Å². The Kier molecular flexibility index (Phi) is 6.07. The van der Waals surface area contributed by atoms with Gasteiger partial charge >= 0.3 is 5.97 Å². The molecule has 0 fully saturated rings. The summed E-state index contributed by atoms with van der Waals surface area (Å²) in [6.45, 7) is 4.33. The lowest BCUT2D eigenvalue weighted by Crippen LogP contribution is -2.16. The van der Waals surface area contributed by atoms with Crippen molar-refractivity contribution in [3.63, 3.8) is 0 Å². The number of aromatic nitrogens is 4. The molecule has 2 aromatic carbocycles. The lowest BCUT2D eigenvalue weighted by Gasteiger charge is -2.14. The molecule has 0 saturated carbocycles. The van der Waals surface area contributed by atoms with Crippen LogP contribution in [0.4, 0.5) is 11.6 Å². The second-order valence-electron chi connectivity index (χ2n) is 6.99. The van der Waals surface area contributed by atoms with E-state index < -0.39 is 0 Å². The van der Waals surface area contributed by atoms with E-state index in [1.807, 2.05) is 47.0 Å². The van der Waals surface area contributed by atoms with Crippen LogP contribution in [0.25, 0.3) is 16.9 Å². The number of esters is 1. The van der Waals surface area contributed by atoms with Gasteiger partial charge in [-0.15, -0.1) is 0 Å². The standard InChI is InChI=1S/C23H24N6O2/c1-3-31-22(30)14-25-18-9-10-20-19(13-18)26-15-29(20)21-11-12-24-23(28-21)27-16(2)17-7-5-4-6-8-17/h4-13,15-16,25H,3,14H2,1-2H3,(H,24,27,28)/t16-/m0/s1. The fraction of sp³-hybridized carbons (Fsp3) is 0.217. The largest absolute Gasteiger partial charge is 0.465 e. The first kappa shape index (κ1) is 20.3. The lowest BCUT2D eigenvalue weighted by molar-refractivity contribution is -0.140. The molecular formula is C23H24N6O2. The Labute approximate surface area is 180 Å². The zero-order valence-corrected chi connectivity index (χ0v) is 17.4. The molecule has 0 saturated heterocycles. The van der Waals surface area contributed by atoms with Crippen LogP contribution in [0.5, 0.6) is 0 Å². The lowest BCUT2D eigenvalue weighted by atomic mass is 10.1. The average molecular weight is 416 g/mol. The zero-order chi connectivity index (χ0) is 21.6. The fourth-order valence-corrected chi connectivity index (χ4v) is 3.26. The maximum Gasteiger partial charge on any atom is 0.325 e. The number of ether oxygens (including phenoxy) is 1. The van der Waals surface area contributed by atoms with Gasteiger partial charge in [0.25, 0.3) is 0 Å². The van der Waals surface area contributed by atoms with Crippen molar-refractivity contribution in [1.29, 1.82) is 0 Å². The molecule has 0 spiro atoms. The minimum Gasteiger partial charge on any atom is -0.465 e. The van der Waals surface area contributed by atoms with Crippen LogP contribution < -0.4 is 10.6 Å². The predicted molar refractivity (Wildman–Crippen MR) is 120 cm³/mol. The molecule has 2 aromatic heterocycles. The molecule has 8 nitrogen and oxygen atoms in total. The van der Waals surface area contributed by atoms with Crippen molar-refractivity contribution < 1.29 is 9.53 Å². The summed E-state index contributed by atoms with van der Waals surface area (Å²) in [4.78, 5) is 25.0. The van der Waals surface area contributed by atoms with Crippen molar-refractivity contribution in [2.24, 2.45) is 0 Å². The Morgan fingerprint density at radius 3 is 2.77 bits per heavy atom. The van der Waals surface area contributed by atoms with E-state index in [4.69, 9.17) is 4.74 Å². The Morgan fingerprint density at radius 1 is 1.13 bits per heavy atom. The normalized spacial score (nSPS) is 11.8. The van der Waals surface area contributed by atoms with E-state index >= 15 is 0 Å². The van der Waals surface area contributed by atoms with Crippen LogP contribution in [-0.2, 0) is 9.53 Å². The SMILES string of the molecule is CCOC(=O)CNc1ccc2c(c1)ncn2-c1ccnc(N[C@@H](C)c2ccccc2)n1. The first-order chi connectivity index (χ1) is 15.1. The van der Waals surface area contributed by atoms with Gasteiger partial charge in [0.1, 0.15) is 18.7 Å². The third-order valence-electron chi connectivity index (χ3n) is 4.82. The van der Waals surface area contributed by atoms with Crippen LogP contribution >= 0.6 is 0 Å². The highest BCUT2D eigenvalue weighted by Gasteiger charge is 2.11. The number of anilines is 2. The minimum atomic E-state index is -0.293. The predicted octanol–water partition coefficient (Wildman–Crippen LogP) is 3.96. The monoisotopic (exact) mass is 416 g/mol. The van der Waals surface area contributed by atoms with Gasteiger partial charge in [0, 0.05) is 11.9 Å². The fourth-order valence-electron chi connectivity index (χ4n) is 3.26.